The van der Waals surface area contributed by atoms with Gasteiger partial charge in [-0.1, -0.05) is 48.5 Å². The Bertz CT molecular complexity index is 1070. The molecule has 166 valence electrons. The first kappa shape index (κ1) is 21.8. The van der Waals surface area contributed by atoms with Crippen LogP contribution in [0.4, 0.5) is 5.69 Å². The zero-order chi connectivity index (χ0) is 22.3. The molecule has 32 heavy (non-hydrogen) atoms. The van der Waals surface area contributed by atoms with Crippen molar-refractivity contribution in [2.45, 2.75) is 19.4 Å². The molecule has 6 nitrogen and oxygen atoms in total. The second-order valence-corrected chi connectivity index (χ2v) is 8.19. The van der Waals surface area contributed by atoms with Crippen molar-refractivity contribution >= 4 is 28.3 Å². The van der Waals surface area contributed by atoms with Crippen LogP contribution in [-0.2, 0) is 16.1 Å². The van der Waals surface area contributed by atoms with Crippen LogP contribution < -0.4 is 15.4 Å². The normalized spacial score (nSPS) is 14.8. The van der Waals surface area contributed by atoms with Gasteiger partial charge in [0, 0.05) is 23.5 Å². The van der Waals surface area contributed by atoms with Crippen LogP contribution in [0.3, 0.4) is 0 Å². The number of ether oxygens (including phenoxy) is 1. The summed E-state index contributed by atoms with van der Waals surface area (Å²) < 4.78 is 5.16. The fourth-order valence-corrected chi connectivity index (χ4v) is 4.16. The van der Waals surface area contributed by atoms with E-state index >= 15 is 0 Å². The van der Waals surface area contributed by atoms with E-state index in [1.165, 1.54) is 0 Å². The predicted molar refractivity (Wildman–Crippen MR) is 127 cm³/mol. The smallest absolute Gasteiger partial charge is 0.238 e. The third kappa shape index (κ3) is 5.45. The van der Waals surface area contributed by atoms with Crippen LogP contribution in [0, 0.1) is 5.92 Å². The molecule has 6 heteroatoms. The molecule has 1 aliphatic rings. The first-order valence-electron chi connectivity index (χ1n) is 11.0. The summed E-state index contributed by atoms with van der Waals surface area (Å²) in [7, 11) is 1.64. The molecule has 3 aromatic carbocycles. The molecular formula is C26H29N3O3. The van der Waals surface area contributed by atoms with Crippen LogP contribution in [0.5, 0.6) is 5.75 Å². The van der Waals surface area contributed by atoms with Gasteiger partial charge in [-0.05, 0) is 55.1 Å². The van der Waals surface area contributed by atoms with Crippen molar-refractivity contribution in [1.29, 1.82) is 0 Å². The van der Waals surface area contributed by atoms with E-state index < -0.39 is 0 Å². The molecule has 0 saturated carbocycles. The molecule has 4 rings (SSSR count). The SMILES string of the molecule is COc1ccc(CNC(=O)C2CCN(CC(=O)Nc3cccc4ccccc34)CC2)cc1. The van der Waals surface area contributed by atoms with Crippen molar-refractivity contribution < 1.29 is 14.3 Å². The molecule has 1 aliphatic heterocycles. The molecule has 0 aliphatic carbocycles. The van der Waals surface area contributed by atoms with Crippen LogP contribution in [0.15, 0.2) is 66.7 Å². The number of rotatable bonds is 7. The average Bonchev–Trinajstić information content (AvgIpc) is 2.83. The van der Waals surface area contributed by atoms with E-state index in [0.717, 1.165) is 53.7 Å². The molecule has 3 aromatic rings. The lowest BCUT2D eigenvalue weighted by atomic mass is 9.96. The van der Waals surface area contributed by atoms with E-state index in [0.29, 0.717) is 13.1 Å². The van der Waals surface area contributed by atoms with Gasteiger partial charge >= 0.3 is 0 Å². The second-order valence-electron chi connectivity index (χ2n) is 8.19. The Labute approximate surface area is 188 Å². The Morgan fingerprint density at radius 1 is 0.969 bits per heavy atom. The first-order valence-corrected chi connectivity index (χ1v) is 11.0. The number of amides is 2. The van der Waals surface area contributed by atoms with Crippen LogP contribution in [0.2, 0.25) is 0 Å². The zero-order valence-corrected chi connectivity index (χ0v) is 18.3. The van der Waals surface area contributed by atoms with E-state index in [1.54, 1.807) is 7.11 Å². The van der Waals surface area contributed by atoms with E-state index in [2.05, 4.69) is 15.5 Å². The van der Waals surface area contributed by atoms with Gasteiger partial charge in [0.25, 0.3) is 0 Å². The summed E-state index contributed by atoms with van der Waals surface area (Å²) in [5, 5.41) is 8.22. The van der Waals surface area contributed by atoms with E-state index in [-0.39, 0.29) is 17.7 Å². The number of anilines is 1. The van der Waals surface area contributed by atoms with Crippen LogP contribution in [0.25, 0.3) is 10.8 Å². The van der Waals surface area contributed by atoms with Gasteiger partial charge in [-0.15, -0.1) is 0 Å². The lowest BCUT2D eigenvalue weighted by molar-refractivity contribution is -0.126. The maximum Gasteiger partial charge on any atom is 0.238 e. The summed E-state index contributed by atoms with van der Waals surface area (Å²) >= 11 is 0. The molecule has 0 atom stereocenters. The predicted octanol–water partition coefficient (Wildman–Crippen LogP) is 3.82. The molecular weight excluding hydrogens is 402 g/mol. The summed E-state index contributed by atoms with van der Waals surface area (Å²) in [5.74, 6) is 0.854. The molecule has 2 amide bonds. The van der Waals surface area contributed by atoms with Gasteiger partial charge in [0.05, 0.1) is 13.7 Å². The number of likely N-dealkylation sites (tertiary alicyclic amines) is 1. The van der Waals surface area contributed by atoms with Gasteiger partial charge < -0.3 is 15.4 Å². The van der Waals surface area contributed by atoms with E-state index in [1.807, 2.05) is 66.7 Å². The summed E-state index contributed by atoms with van der Waals surface area (Å²) in [4.78, 5) is 27.3. The molecule has 0 unspecified atom stereocenters. The molecule has 1 heterocycles. The zero-order valence-electron chi connectivity index (χ0n) is 18.3. The number of hydrogen-bond acceptors (Lipinski definition) is 4. The first-order chi connectivity index (χ1) is 15.6. The van der Waals surface area contributed by atoms with Crippen molar-refractivity contribution in [3.8, 4) is 5.75 Å². The third-order valence-electron chi connectivity index (χ3n) is 6.02. The number of carbonyl (C=O) groups excluding carboxylic acids is 2. The Balaban J connectivity index is 1.22. The number of piperidine rings is 1. The van der Waals surface area contributed by atoms with Gasteiger partial charge in [-0.3, -0.25) is 14.5 Å². The number of methoxy groups -OCH3 is 1. The molecule has 0 spiro atoms. The van der Waals surface area contributed by atoms with Crippen molar-refractivity contribution in [1.82, 2.24) is 10.2 Å². The van der Waals surface area contributed by atoms with Gasteiger partial charge in [0.15, 0.2) is 0 Å². The maximum absolute atomic E-state index is 12.6. The lowest BCUT2D eigenvalue weighted by Gasteiger charge is -2.30. The number of nitrogens with one attached hydrogen (secondary N) is 2. The van der Waals surface area contributed by atoms with Gasteiger partial charge in [0.1, 0.15) is 5.75 Å². The minimum atomic E-state index is -0.0243. The van der Waals surface area contributed by atoms with Crippen LogP contribution in [0.1, 0.15) is 18.4 Å². The largest absolute Gasteiger partial charge is 0.497 e. The topological polar surface area (TPSA) is 70.7 Å². The molecule has 2 N–H and O–H groups in total. The van der Waals surface area contributed by atoms with Gasteiger partial charge in [0.2, 0.25) is 11.8 Å². The number of nitrogens with zero attached hydrogens (tertiary/aromatic N) is 1. The highest BCUT2D eigenvalue weighted by atomic mass is 16.5. The molecule has 0 bridgehead atoms. The maximum atomic E-state index is 12.6. The fourth-order valence-electron chi connectivity index (χ4n) is 4.16. The van der Waals surface area contributed by atoms with Crippen molar-refractivity contribution in [2.75, 3.05) is 32.1 Å². The molecule has 0 radical (unpaired) electrons. The summed E-state index contributed by atoms with van der Waals surface area (Å²) in [6.45, 7) is 2.33. The van der Waals surface area contributed by atoms with Gasteiger partial charge in [-0.2, -0.15) is 0 Å². The minimum absolute atomic E-state index is 0.00868. The highest BCUT2D eigenvalue weighted by Gasteiger charge is 2.25. The highest BCUT2D eigenvalue weighted by molar-refractivity contribution is 6.02. The van der Waals surface area contributed by atoms with Crippen molar-refractivity contribution in [3.63, 3.8) is 0 Å². The van der Waals surface area contributed by atoms with Gasteiger partial charge in [-0.25, -0.2) is 0 Å². The highest BCUT2D eigenvalue weighted by Crippen LogP contribution is 2.23. The van der Waals surface area contributed by atoms with E-state index in [9.17, 15) is 9.59 Å². The Hall–Kier alpha value is -3.38. The lowest BCUT2D eigenvalue weighted by Crippen LogP contribution is -2.43. The van der Waals surface area contributed by atoms with Crippen molar-refractivity contribution in [3.05, 3.63) is 72.3 Å². The van der Waals surface area contributed by atoms with E-state index in [4.69, 9.17) is 4.74 Å². The van der Waals surface area contributed by atoms with Crippen LogP contribution >= 0.6 is 0 Å². The number of benzene rings is 3. The second kappa shape index (κ2) is 10.3. The number of hydrogen-bond donors (Lipinski definition) is 2. The Kier molecular flexibility index (Phi) is 7.02. The monoisotopic (exact) mass is 431 g/mol. The Morgan fingerprint density at radius 3 is 2.44 bits per heavy atom. The summed E-state index contributed by atoms with van der Waals surface area (Å²) in [5.41, 5.74) is 1.88. The fraction of sp³-hybridized carbons (Fsp3) is 0.308. The summed E-state index contributed by atoms with van der Waals surface area (Å²) in [6.07, 6.45) is 1.52. The number of fused-ring (bicyclic) bond motifs is 1. The molecule has 1 fully saturated rings. The minimum Gasteiger partial charge on any atom is -0.497 e. The van der Waals surface area contributed by atoms with Crippen molar-refractivity contribution in [2.24, 2.45) is 5.92 Å². The number of carbonyl (C=O) groups is 2. The quantitative estimate of drug-likeness (QED) is 0.597. The third-order valence-corrected chi connectivity index (χ3v) is 6.02. The summed E-state index contributed by atoms with van der Waals surface area (Å²) in [6, 6.07) is 21.6. The standard InChI is InChI=1S/C26H29N3O3/c1-32-22-11-9-19(10-12-22)17-27-26(31)21-13-15-29(16-14-21)18-25(30)28-24-8-4-6-20-5-2-3-7-23(20)24/h2-12,21H,13-18H2,1H3,(H,27,31)(H,28,30). The average molecular weight is 432 g/mol. The van der Waals surface area contributed by atoms with Crippen LogP contribution in [-0.4, -0.2) is 43.5 Å². The molecule has 1 saturated heterocycles. The Morgan fingerprint density at radius 2 is 1.69 bits per heavy atom. The molecule has 0 aromatic heterocycles.